The third-order valence-electron chi connectivity index (χ3n) is 3.23. The zero-order valence-electron chi connectivity index (χ0n) is 11.6. The van der Waals surface area contributed by atoms with Crippen molar-refractivity contribution in [2.45, 2.75) is 10.9 Å². The van der Waals surface area contributed by atoms with Crippen LogP contribution in [0.2, 0.25) is 0 Å². The molecule has 1 atom stereocenters. The molecule has 3 rings (SSSR count). The summed E-state index contributed by atoms with van der Waals surface area (Å²) in [5.74, 6) is -1.87. The summed E-state index contributed by atoms with van der Waals surface area (Å²) in [7, 11) is 0. The minimum absolute atomic E-state index is 0.363. The van der Waals surface area contributed by atoms with Crippen molar-refractivity contribution in [2.75, 3.05) is 6.26 Å². The first-order valence-electron chi connectivity index (χ1n) is 6.38. The van der Waals surface area contributed by atoms with E-state index in [9.17, 15) is 9.90 Å². The van der Waals surface area contributed by atoms with Crippen molar-refractivity contribution < 1.29 is 14.3 Å². The van der Waals surface area contributed by atoms with Gasteiger partial charge in [0.25, 0.3) is 0 Å². The maximum absolute atomic E-state index is 11.6. The summed E-state index contributed by atoms with van der Waals surface area (Å²) in [6, 6.07) is 3.87. The largest absolute Gasteiger partial charge is 0.480 e. The standard InChI is InChI=1S/C15H12N2O3S2/c1-21-14-11(9-2-3-22-7-9)4-10(5-16-14)13(15(18)19)12-6-20-8-17-12/h2-8,13H,1H3,(H,18,19). The van der Waals surface area contributed by atoms with Crippen LogP contribution in [-0.2, 0) is 4.79 Å². The van der Waals surface area contributed by atoms with E-state index < -0.39 is 11.9 Å². The summed E-state index contributed by atoms with van der Waals surface area (Å²) < 4.78 is 4.92. The third-order valence-corrected chi connectivity index (χ3v) is 4.62. The predicted octanol–water partition coefficient (Wildman–Crippen LogP) is 3.74. The first kappa shape index (κ1) is 14.8. The Labute approximate surface area is 135 Å². The first-order valence-corrected chi connectivity index (χ1v) is 8.55. The van der Waals surface area contributed by atoms with Gasteiger partial charge in [-0.1, -0.05) is 0 Å². The molecule has 3 aromatic heterocycles. The molecule has 3 heterocycles. The fourth-order valence-electron chi connectivity index (χ4n) is 2.22. The molecule has 0 aliphatic carbocycles. The smallest absolute Gasteiger partial charge is 0.317 e. The van der Waals surface area contributed by atoms with Gasteiger partial charge in [0.2, 0.25) is 0 Å². The number of carbonyl (C=O) groups is 1. The predicted molar refractivity (Wildman–Crippen MR) is 85.3 cm³/mol. The molecule has 0 fully saturated rings. The van der Waals surface area contributed by atoms with Crippen molar-refractivity contribution in [3.8, 4) is 11.1 Å². The number of oxazole rings is 1. The minimum Gasteiger partial charge on any atom is -0.480 e. The second kappa shape index (κ2) is 6.33. The van der Waals surface area contributed by atoms with Crippen LogP contribution in [0, 0.1) is 0 Å². The van der Waals surface area contributed by atoms with Crippen molar-refractivity contribution in [3.05, 3.63) is 53.0 Å². The molecule has 5 nitrogen and oxygen atoms in total. The number of rotatable bonds is 5. The second-order valence-electron chi connectivity index (χ2n) is 4.52. The van der Waals surface area contributed by atoms with Crippen LogP contribution in [0.25, 0.3) is 11.1 Å². The Hall–Kier alpha value is -2.12. The highest BCUT2D eigenvalue weighted by molar-refractivity contribution is 7.98. The molecule has 1 N–H and O–H groups in total. The molecular weight excluding hydrogens is 320 g/mol. The van der Waals surface area contributed by atoms with Crippen LogP contribution < -0.4 is 0 Å². The molecule has 0 aromatic carbocycles. The van der Waals surface area contributed by atoms with Gasteiger partial charge in [-0.25, -0.2) is 9.97 Å². The lowest BCUT2D eigenvalue weighted by atomic mass is 9.96. The maximum Gasteiger partial charge on any atom is 0.317 e. The normalized spacial score (nSPS) is 12.2. The van der Waals surface area contributed by atoms with Crippen LogP contribution in [0.4, 0.5) is 0 Å². The van der Waals surface area contributed by atoms with Crippen molar-refractivity contribution in [2.24, 2.45) is 0 Å². The number of thiophene rings is 1. The molecule has 22 heavy (non-hydrogen) atoms. The molecular formula is C15H12N2O3S2. The SMILES string of the molecule is CSc1ncc(C(C(=O)O)c2cocn2)cc1-c1ccsc1. The Morgan fingerprint density at radius 2 is 2.32 bits per heavy atom. The van der Waals surface area contributed by atoms with E-state index >= 15 is 0 Å². The topological polar surface area (TPSA) is 76.2 Å². The third kappa shape index (κ3) is 2.77. The van der Waals surface area contributed by atoms with E-state index in [2.05, 4.69) is 9.97 Å². The number of thioether (sulfide) groups is 1. The van der Waals surface area contributed by atoms with Crippen LogP contribution in [0.1, 0.15) is 17.2 Å². The van der Waals surface area contributed by atoms with E-state index in [4.69, 9.17) is 4.42 Å². The van der Waals surface area contributed by atoms with Gasteiger partial charge in [0.15, 0.2) is 6.39 Å². The lowest BCUT2D eigenvalue weighted by Gasteiger charge is -2.13. The van der Waals surface area contributed by atoms with E-state index in [1.807, 2.05) is 29.1 Å². The van der Waals surface area contributed by atoms with Crippen molar-refractivity contribution in [1.29, 1.82) is 0 Å². The van der Waals surface area contributed by atoms with Gasteiger partial charge in [-0.3, -0.25) is 4.79 Å². The summed E-state index contributed by atoms with van der Waals surface area (Å²) in [6.07, 6.45) is 6.12. The number of hydrogen-bond donors (Lipinski definition) is 1. The quantitative estimate of drug-likeness (QED) is 0.717. The number of hydrogen-bond acceptors (Lipinski definition) is 6. The fraction of sp³-hybridized carbons (Fsp3) is 0.133. The van der Waals surface area contributed by atoms with Crippen LogP contribution >= 0.6 is 23.1 Å². The molecule has 0 radical (unpaired) electrons. The molecule has 0 spiro atoms. The van der Waals surface area contributed by atoms with E-state index in [1.54, 1.807) is 17.5 Å². The Balaban J connectivity index is 2.11. The monoisotopic (exact) mass is 332 g/mol. The molecule has 112 valence electrons. The summed E-state index contributed by atoms with van der Waals surface area (Å²) in [4.78, 5) is 20.0. The molecule has 0 aliphatic rings. The Kier molecular flexibility index (Phi) is 4.26. The van der Waals surface area contributed by atoms with Gasteiger partial charge in [-0.15, -0.1) is 11.8 Å². The van der Waals surface area contributed by atoms with Gasteiger partial charge in [-0.2, -0.15) is 11.3 Å². The summed E-state index contributed by atoms with van der Waals surface area (Å²) in [6.45, 7) is 0. The zero-order chi connectivity index (χ0) is 15.5. The highest BCUT2D eigenvalue weighted by Gasteiger charge is 2.26. The van der Waals surface area contributed by atoms with Gasteiger partial charge >= 0.3 is 5.97 Å². The van der Waals surface area contributed by atoms with E-state index in [1.165, 1.54) is 24.4 Å². The minimum atomic E-state index is -0.983. The van der Waals surface area contributed by atoms with Crippen molar-refractivity contribution >= 4 is 29.1 Å². The Morgan fingerprint density at radius 3 is 2.91 bits per heavy atom. The Bertz CT molecular complexity index is 770. The van der Waals surface area contributed by atoms with Gasteiger partial charge in [-0.05, 0) is 40.3 Å². The highest BCUT2D eigenvalue weighted by atomic mass is 32.2. The summed E-state index contributed by atoms with van der Waals surface area (Å²) in [5, 5.41) is 14.4. The zero-order valence-corrected chi connectivity index (χ0v) is 13.2. The van der Waals surface area contributed by atoms with Gasteiger partial charge in [0.05, 0.1) is 5.69 Å². The molecule has 7 heteroatoms. The van der Waals surface area contributed by atoms with Crippen LogP contribution in [0.3, 0.4) is 0 Å². The Morgan fingerprint density at radius 1 is 1.45 bits per heavy atom. The fourth-order valence-corrected chi connectivity index (χ4v) is 3.43. The number of aromatic nitrogens is 2. The molecule has 3 aromatic rings. The number of nitrogens with zero attached hydrogens (tertiary/aromatic N) is 2. The first-order chi connectivity index (χ1) is 10.7. The number of carboxylic acids is 1. The molecule has 0 bridgehead atoms. The number of carboxylic acid groups (broad SMARTS) is 1. The van der Waals surface area contributed by atoms with E-state index in [0.717, 1.165) is 16.2 Å². The number of pyridine rings is 1. The lowest BCUT2D eigenvalue weighted by Crippen LogP contribution is -2.14. The van der Waals surface area contributed by atoms with E-state index in [-0.39, 0.29) is 0 Å². The van der Waals surface area contributed by atoms with Crippen LogP contribution in [0.15, 0.2) is 51.2 Å². The average Bonchev–Trinajstić information content (AvgIpc) is 3.20. The molecule has 0 aliphatic heterocycles. The van der Waals surface area contributed by atoms with Gasteiger partial charge < -0.3 is 9.52 Å². The molecule has 0 saturated carbocycles. The lowest BCUT2D eigenvalue weighted by molar-refractivity contribution is -0.137. The van der Waals surface area contributed by atoms with Crippen LogP contribution in [-0.4, -0.2) is 27.3 Å². The van der Waals surface area contributed by atoms with Crippen molar-refractivity contribution in [1.82, 2.24) is 9.97 Å². The maximum atomic E-state index is 11.6. The molecule has 0 amide bonds. The van der Waals surface area contributed by atoms with Crippen molar-refractivity contribution in [3.63, 3.8) is 0 Å². The summed E-state index contributed by atoms with van der Waals surface area (Å²) >= 11 is 3.12. The highest BCUT2D eigenvalue weighted by Crippen LogP contribution is 2.34. The average molecular weight is 332 g/mol. The van der Waals surface area contributed by atoms with Crippen LogP contribution in [0.5, 0.6) is 0 Å². The van der Waals surface area contributed by atoms with Gasteiger partial charge in [0.1, 0.15) is 17.2 Å². The van der Waals surface area contributed by atoms with Gasteiger partial charge in [0, 0.05) is 11.8 Å². The molecule has 1 unspecified atom stereocenters. The molecule has 0 saturated heterocycles. The summed E-state index contributed by atoms with van der Waals surface area (Å²) in [5.41, 5.74) is 2.91. The second-order valence-corrected chi connectivity index (χ2v) is 6.10. The number of aliphatic carboxylic acids is 1. The van der Waals surface area contributed by atoms with E-state index in [0.29, 0.717) is 11.3 Å².